The first kappa shape index (κ1) is 13.7. The topological polar surface area (TPSA) is 0 Å². The van der Waals surface area contributed by atoms with Gasteiger partial charge in [-0.05, 0) is 46.6 Å². The Kier molecular flexibility index (Phi) is 4.17. The summed E-state index contributed by atoms with van der Waals surface area (Å²) in [5, 5.41) is 0. The maximum Gasteiger partial charge on any atom is 0.137 e. The lowest BCUT2D eigenvalue weighted by atomic mass is 10.0. The summed E-state index contributed by atoms with van der Waals surface area (Å²) in [6.07, 6.45) is 0. The Morgan fingerprint density at radius 3 is 2.33 bits per heavy atom. The summed E-state index contributed by atoms with van der Waals surface area (Å²) in [7, 11) is 0. The van der Waals surface area contributed by atoms with Gasteiger partial charge in [-0.25, -0.2) is 8.78 Å². The molecule has 2 aromatic carbocycles. The lowest BCUT2D eigenvalue weighted by molar-refractivity contribution is 0.611. The second-order valence-electron chi connectivity index (χ2n) is 4.06. The number of halogens is 4. The quantitative estimate of drug-likeness (QED) is 0.606. The number of aryl methyl sites for hydroxylation is 1. The molecule has 0 amide bonds. The monoisotopic (exact) mass is 374 g/mol. The molecule has 2 aromatic rings. The smallest absolute Gasteiger partial charge is 0.137 e. The van der Waals surface area contributed by atoms with E-state index < -0.39 is 0 Å². The molecule has 0 spiro atoms. The normalized spacial score (nSPS) is 12.5. The minimum atomic E-state index is -0.330. The second-order valence-corrected chi connectivity index (χ2v) is 5.83. The van der Waals surface area contributed by atoms with Crippen molar-refractivity contribution in [3.63, 3.8) is 0 Å². The van der Waals surface area contributed by atoms with E-state index in [1.54, 1.807) is 24.3 Å². The molecule has 0 saturated heterocycles. The van der Waals surface area contributed by atoms with E-state index in [2.05, 4.69) is 31.9 Å². The van der Waals surface area contributed by atoms with Gasteiger partial charge in [0.15, 0.2) is 0 Å². The highest BCUT2D eigenvalue weighted by Gasteiger charge is 2.16. The van der Waals surface area contributed by atoms with E-state index in [9.17, 15) is 8.78 Å². The molecule has 0 aliphatic carbocycles. The zero-order valence-corrected chi connectivity index (χ0v) is 12.7. The number of hydrogen-bond donors (Lipinski definition) is 0. The summed E-state index contributed by atoms with van der Waals surface area (Å²) in [6, 6.07) is 9.60. The highest BCUT2D eigenvalue weighted by atomic mass is 79.9. The molecule has 94 valence electrons. The maximum absolute atomic E-state index is 13.8. The number of benzene rings is 2. The zero-order valence-electron chi connectivity index (χ0n) is 9.55. The van der Waals surface area contributed by atoms with Gasteiger partial charge in [0.2, 0.25) is 0 Å². The van der Waals surface area contributed by atoms with E-state index in [1.807, 2.05) is 6.92 Å². The van der Waals surface area contributed by atoms with Gasteiger partial charge in [0.1, 0.15) is 11.6 Å². The highest BCUT2D eigenvalue weighted by Crippen LogP contribution is 2.34. The third-order valence-electron chi connectivity index (χ3n) is 2.66. The summed E-state index contributed by atoms with van der Waals surface area (Å²) in [6.45, 7) is 1.91. The third kappa shape index (κ3) is 2.81. The first-order valence-corrected chi connectivity index (χ1v) is 7.05. The van der Waals surface area contributed by atoms with E-state index in [0.29, 0.717) is 10.0 Å². The third-order valence-corrected chi connectivity index (χ3v) is 4.29. The van der Waals surface area contributed by atoms with Crippen LogP contribution in [-0.2, 0) is 0 Å². The minimum Gasteiger partial charge on any atom is -0.207 e. The van der Waals surface area contributed by atoms with Crippen LogP contribution in [0.4, 0.5) is 8.78 Å². The first-order chi connectivity index (χ1) is 8.49. The van der Waals surface area contributed by atoms with Gasteiger partial charge in [0.05, 0.1) is 9.30 Å². The van der Waals surface area contributed by atoms with Crippen molar-refractivity contribution < 1.29 is 8.78 Å². The van der Waals surface area contributed by atoms with Crippen molar-refractivity contribution in [1.82, 2.24) is 0 Å². The Hall–Kier alpha value is -0.740. The molecule has 0 aromatic heterocycles. The summed E-state index contributed by atoms with van der Waals surface area (Å²) in [4.78, 5) is -0.297. The molecule has 4 heteroatoms. The first-order valence-electron chi connectivity index (χ1n) is 5.34. The van der Waals surface area contributed by atoms with Gasteiger partial charge in [0, 0.05) is 5.56 Å². The van der Waals surface area contributed by atoms with Crippen molar-refractivity contribution in [3.8, 4) is 0 Å². The second kappa shape index (κ2) is 5.49. The van der Waals surface area contributed by atoms with Gasteiger partial charge in [-0.1, -0.05) is 39.7 Å². The van der Waals surface area contributed by atoms with Gasteiger partial charge in [-0.2, -0.15) is 0 Å². The van der Waals surface area contributed by atoms with Crippen LogP contribution in [0.1, 0.15) is 21.5 Å². The van der Waals surface area contributed by atoms with Gasteiger partial charge in [-0.3, -0.25) is 0 Å². The van der Waals surface area contributed by atoms with E-state index in [0.717, 1.165) is 11.1 Å². The van der Waals surface area contributed by atoms with Crippen molar-refractivity contribution in [1.29, 1.82) is 0 Å². The average Bonchev–Trinajstić information content (AvgIpc) is 2.35. The maximum atomic E-state index is 13.8. The molecule has 0 aliphatic rings. The summed E-state index contributed by atoms with van der Waals surface area (Å²) < 4.78 is 27.3. The molecule has 18 heavy (non-hydrogen) atoms. The molecule has 0 radical (unpaired) electrons. The van der Waals surface area contributed by atoms with Crippen LogP contribution >= 0.6 is 31.9 Å². The van der Waals surface area contributed by atoms with E-state index in [4.69, 9.17) is 0 Å². The molecule has 0 bridgehead atoms. The number of hydrogen-bond acceptors (Lipinski definition) is 0. The van der Waals surface area contributed by atoms with Gasteiger partial charge in [-0.15, -0.1) is 0 Å². The van der Waals surface area contributed by atoms with Crippen molar-refractivity contribution in [2.24, 2.45) is 0 Å². The van der Waals surface area contributed by atoms with Crippen molar-refractivity contribution in [2.45, 2.75) is 11.8 Å². The zero-order chi connectivity index (χ0) is 13.3. The van der Waals surface area contributed by atoms with E-state index in [1.165, 1.54) is 12.1 Å². The number of alkyl halides is 1. The van der Waals surface area contributed by atoms with Crippen LogP contribution in [-0.4, -0.2) is 0 Å². The van der Waals surface area contributed by atoms with Gasteiger partial charge in [0.25, 0.3) is 0 Å². The molecular formula is C14H10Br2F2. The van der Waals surface area contributed by atoms with Crippen molar-refractivity contribution >= 4 is 31.9 Å². The van der Waals surface area contributed by atoms with Crippen LogP contribution in [0.5, 0.6) is 0 Å². The summed E-state index contributed by atoms with van der Waals surface area (Å²) in [5.74, 6) is -0.605. The lowest BCUT2D eigenvalue weighted by Gasteiger charge is -2.13. The molecular weight excluding hydrogens is 366 g/mol. The molecule has 0 aliphatic heterocycles. The predicted octanol–water partition coefficient (Wildman–Crippen LogP) is 5.52. The molecule has 0 fully saturated rings. The molecule has 0 heterocycles. The largest absolute Gasteiger partial charge is 0.207 e. The van der Waals surface area contributed by atoms with Crippen LogP contribution in [0.15, 0.2) is 40.9 Å². The van der Waals surface area contributed by atoms with Crippen molar-refractivity contribution in [3.05, 3.63) is 69.2 Å². The Morgan fingerprint density at radius 2 is 1.67 bits per heavy atom. The fourth-order valence-electron chi connectivity index (χ4n) is 1.71. The predicted molar refractivity (Wildman–Crippen MR) is 76.0 cm³/mol. The minimum absolute atomic E-state index is 0.275. The summed E-state index contributed by atoms with van der Waals surface area (Å²) >= 11 is 6.58. The molecule has 0 N–H and O–H groups in total. The van der Waals surface area contributed by atoms with E-state index >= 15 is 0 Å². The Morgan fingerprint density at radius 1 is 1.00 bits per heavy atom. The van der Waals surface area contributed by atoms with Crippen LogP contribution in [0, 0.1) is 18.6 Å². The van der Waals surface area contributed by atoms with E-state index in [-0.39, 0.29) is 16.5 Å². The van der Waals surface area contributed by atoms with Crippen LogP contribution in [0.2, 0.25) is 0 Å². The molecule has 0 nitrogen and oxygen atoms in total. The van der Waals surface area contributed by atoms with Crippen LogP contribution in [0.25, 0.3) is 0 Å². The van der Waals surface area contributed by atoms with Crippen molar-refractivity contribution in [2.75, 3.05) is 0 Å². The van der Waals surface area contributed by atoms with Gasteiger partial charge >= 0.3 is 0 Å². The Labute approximate surface area is 121 Å². The Bertz CT molecular complexity index is 582. The molecule has 2 rings (SSSR count). The average molecular weight is 376 g/mol. The standard InChI is InChI=1S/C14H10Br2F2/c1-8-2-4-12(17)10(6-8)14(16)9-3-5-13(18)11(15)7-9/h2-7,14H,1H3. The van der Waals surface area contributed by atoms with Crippen LogP contribution < -0.4 is 0 Å². The van der Waals surface area contributed by atoms with Crippen LogP contribution in [0.3, 0.4) is 0 Å². The number of rotatable bonds is 2. The lowest BCUT2D eigenvalue weighted by Crippen LogP contribution is -1.98. The Balaban J connectivity index is 2.44. The summed E-state index contributed by atoms with van der Waals surface area (Å²) in [5.41, 5.74) is 2.33. The molecule has 1 atom stereocenters. The molecule has 0 saturated carbocycles. The van der Waals surface area contributed by atoms with Gasteiger partial charge < -0.3 is 0 Å². The fourth-order valence-corrected chi connectivity index (χ4v) is 2.74. The molecule has 1 unspecified atom stereocenters. The SMILES string of the molecule is Cc1ccc(F)c(C(Br)c2ccc(F)c(Br)c2)c1. The fraction of sp³-hybridized carbons (Fsp3) is 0.143. The highest BCUT2D eigenvalue weighted by molar-refractivity contribution is 9.10.